The van der Waals surface area contributed by atoms with Crippen molar-refractivity contribution in [3.63, 3.8) is 0 Å². The molecule has 3 rings (SSSR count). The molecule has 0 atom stereocenters. The fourth-order valence-electron chi connectivity index (χ4n) is 2.74. The van der Waals surface area contributed by atoms with Crippen molar-refractivity contribution in [2.24, 2.45) is 0 Å². The van der Waals surface area contributed by atoms with Crippen molar-refractivity contribution in [1.29, 1.82) is 0 Å². The van der Waals surface area contributed by atoms with E-state index in [4.69, 9.17) is 0 Å². The predicted molar refractivity (Wildman–Crippen MR) is 104 cm³/mol. The highest BCUT2D eigenvalue weighted by molar-refractivity contribution is 5.84. The molecule has 0 aliphatic carbocycles. The van der Waals surface area contributed by atoms with Gasteiger partial charge in [0.05, 0.1) is 6.54 Å². The molecule has 2 N–H and O–H groups in total. The second-order valence-corrected chi connectivity index (χ2v) is 5.85. The molecule has 0 aromatic heterocycles. The summed E-state index contributed by atoms with van der Waals surface area (Å²) in [5.41, 5.74) is 4.42. The highest BCUT2D eigenvalue weighted by atomic mass is 16.1. The summed E-state index contributed by atoms with van der Waals surface area (Å²) in [4.78, 5) is 12.1. The Morgan fingerprint density at radius 3 is 2.16 bits per heavy atom. The number of carbonyl (C=O) groups excluding carboxylic acids is 1. The van der Waals surface area contributed by atoms with Crippen molar-refractivity contribution in [2.45, 2.75) is 6.42 Å². The number of hydrogen-bond donors (Lipinski definition) is 2. The number of rotatable bonds is 7. The molecule has 126 valence electrons. The number of carbonyl (C=O) groups is 1. The minimum absolute atomic E-state index is 0.00111. The quantitative estimate of drug-likeness (QED) is 0.684. The van der Waals surface area contributed by atoms with Crippen LogP contribution in [0.4, 0.5) is 5.69 Å². The Balaban J connectivity index is 1.52. The molecule has 1 amide bonds. The van der Waals surface area contributed by atoms with Crippen LogP contribution < -0.4 is 10.6 Å². The number of para-hydroxylation sites is 1. The number of nitrogens with one attached hydrogen (secondary N) is 2. The first-order chi connectivity index (χ1) is 12.3. The van der Waals surface area contributed by atoms with Crippen LogP contribution in [0.5, 0.6) is 0 Å². The Bertz CT molecular complexity index is 801. The lowest BCUT2D eigenvalue weighted by Gasteiger charge is -2.12. The van der Waals surface area contributed by atoms with Crippen LogP contribution in [0.2, 0.25) is 0 Å². The Morgan fingerprint density at radius 1 is 0.760 bits per heavy atom. The highest BCUT2D eigenvalue weighted by Crippen LogP contribution is 2.27. The van der Waals surface area contributed by atoms with Crippen LogP contribution in [-0.2, 0) is 11.2 Å². The van der Waals surface area contributed by atoms with Crippen LogP contribution >= 0.6 is 0 Å². The second-order valence-electron chi connectivity index (χ2n) is 5.85. The van der Waals surface area contributed by atoms with Gasteiger partial charge < -0.3 is 10.6 Å². The van der Waals surface area contributed by atoms with Gasteiger partial charge in [0.2, 0.25) is 5.91 Å². The van der Waals surface area contributed by atoms with E-state index in [-0.39, 0.29) is 12.5 Å². The van der Waals surface area contributed by atoms with E-state index in [1.165, 1.54) is 5.56 Å². The van der Waals surface area contributed by atoms with E-state index in [0.717, 1.165) is 23.2 Å². The van der Waals surface area contributed by atoms with Crippen LogP contribution in [0, 0.1) is 0 Å². The monoisotopic (exact) mass is 330 g/mol. The Hall–Kier alpha value is -3.07. The Labute approximate surface area is 148 Å². The topological polar surface area (TPSA) is 41.1 Å². The van der Waals surface area contributed by atoms with Crippen molar-refractivity contribution in [2.75, 3.05) is 18.4 Å². The Morgan fingerprint density at radius 2 is 1.40 bits per heavy atom. The van der Waals surface area contributed by atoms with Crippen molar-refractivity contribution in [3.8, 4) is 11.1 Å². The van der Waals surface area contributed by atoms with E-state index >= 15 is 0 Å². The van der Waals surface area contributed by atoms with Gasteiger partial charge in [0.15, 0.2) is 0 Å². The standard InChI is InChI=1S/C22H22N2O/c25-22(23-16-15-18-9-3-1-4-10-18)17-24-21-14-8-7-13-20(21)19-11-5-2-6-12-19/h1-14,24H,15-17H2,(H,23,25). The summed E-state index contributed by atoms with van der Waals surface area (Å²) in [6.07, 6.45) is 0.840. The summed E-state index contributed by atoms with van der Waals surface area (Å²) < 4.78 is 0. The van der Waals surface area contributed by atoms with Gasteiger partial charge in [-0.05, 0) is 23.6 Å². The van der Waals surface area contributed by atoms with Crippen LogP contribution in [-0.4, -0.2) is 19.0 Å². The first-order valence-electron chi connectivity index (χ1n) is 8.52. The summed E-state index contributed by atoms with van der Waals surface area (Å²) in [6.45, 7) is 0.906. The molecule has 0 aliphatic rings. The van der Waals surface area contributed by atoms with E-state index in [0.29, 0.717) is 6.54 Å². The lowest BCUT2D eigenvalue weighted by Crippen LogP contribution is -2.31. The highest BCUT2D eigenvalue weighted by Gasteiger charge is 2.06. The zero-order valence-electron chi connectivity index (χ0n) is 14.1. The molecule has 25 heavy (non-hydrogen) atoms. The van der Waals surface area contributed by atoms with Crippen molar-refractivity contribution in [1.82, 2.24) is 5.32 Å². The molecule has 0 bridgehead atoms. The smallest absolute Gasteiger partial charge is 0.239 e. The molecule has 0 spiro atoms. The van der Waals surface area contributed by atoms with Gasteiger partial charge in [-0.3, -0.25) is 4.79 Å². The molecule has 0 radical (unpaired) electrons. The molecule has 0 aliphatic heterocycles. The van der Waals surface area contributed by atoms with Crippen LogP contribution in [0.25, 0.3) is 11.1 Å². The first kappa shape index (κ1) is 16.8. The minimum atomic E-state index is -0.00111. The zero-order valence-corrected chi connectivity index (χ0v) is 14.1. The average molecular weight is 330 g/mol. The molecule has 0 heterocycles. The minimum Gasteiger partial charge on any atom is -0.376 e. The zero-order chi connectivity index (χ0) is 17.3. The van der Waals surface area contributed by atoms with Gasteiger partial charge >= 0.3 is 0 Å². The third-order valence-corrected chi connectivity index (χ3v) is 4.03. The number of benzene rings is 3. The fraction of sp³-hybridized carbons (Fsp3) is 0.136. The molecule has 3 aromatic rings. The van der Waals surface area contributed by atoms with E-state index in [1.807, 2.05) is 54.6 Å². The predicted octanol–water partition coefficient (Wildman–Crippen LogP) is 4.12. The van der Waals surface area contributed by atoms with Gasteiger partial charge in [0, 0.05) is 17.8 Å². The van der Waals surface area contributed by atoms with E-state index in [9.17, 15) is 4.79 Å². The summed E-state index contributed by atoms with van der Waals surface area (Å²) in [7, 11) is 0. The molecule has 0 fully saturated rings. The molecule has 3 aromatic carbocycles. The van der Waals surface area contributed by atoms with Crippen LogP contribution in [0.1, 0.15) is 5.56 Å². The largest absolute Gasteiger partial charge is 0.376 e. The first-order valence-corrected chi connectivity index (χ1v) is 8.52. The fourth-order valence-corrected chi connectivity index (χ4v) is 2.74. The second kappa shape index (κ2) is 8.69. The van der Waals surface area contributed by atoms with E-state index in [1.54, 1.807) is 0 Å². The maximum Gasteiger partial charge on any atom is 0.239 e. The average Bonchev–Trinajstić information content (AvgIpc) is 2.68. The van der Waals surface area contributed by atoms with Crippen molar-refractivity contribution >= 4 is 11.6 Å². The van der Waals surface area contributed by atoms with Gasteiger partial charge in [-0.15, -0.1) is 0 Å². The summed E-state index contributed by atoms with van der Waals surface area (Å²) in [5, 5.41) is 6.21. The SMILES string of the molecule is O=C(CNc1ccccc1-c1ccccc1)NCCc1ccccc1. The lowest BCUT2D eigenvalue weighted by atomic mass is 10.0. The van der Waals surface area contributed by atoms with Crippen molar-refractivity contribution in [3.05, 3.63) is 90.5 Å². The van der Waals surface area contributed by atoms with E-state index < -0.39 is 0 Å². The molecule has 0 saturated heterocycles. The van der Waals surface area contributed by atoms with Crippen LogP contribution in [0.15, 0.2) is 84.9 Å². The maximum atomic E-state index is 12.1. The molecule has 3 nitrogen and oxygen atoms in total. The van der Waals surface area contributed by atoms with Gasteiger partial charge in [-0.25, -0.2) is 0 Å². The third kappa shape index (κ3) is 4.95. The number of amides is 1. The normalized spacial score (nSPS) is 10.2. The van der Waals surface area contributed by atoms with Gasteiger partial charge in [0.1, 0.15) is 0 Å². The molecule has 0 unspecified atom stereocenters. The number of hydrogen-bond acceptors (Lipinski definition) is 2. The molecular formula is C22H22N2O. The lowest BCUT2D eigenvalue weighted by molar-refractivity contribution is -0.119. The molecular weight excluding hydrogens is 308 g/mol. The summed E-state index contributed by atoms with van der Waals surface area (Å²) in [6, 6.07) is 28.4. The summed E-state index contributed by atoms with van der Waals surface area (Å²) >= 11 is 0. The maximum absolute atomic E-state index is 12.1. The van der Waals surface area contributed by atoms with Crippen LogP contribution in [0.3, 0.4) is 0 Å². The van der Waals surface area contributed by atoms with Gasteiger partial charge in [0.25, 0.3) is 0 Å². The van der Waals surface area contributed by atoms with Gasteiger partial charge in [-0.1, -0.05) is 78.9 Å². The molecule has 0 saturated carbocycles. The summed E-state index contributed by atoms with van der Waals surface area (Å²) in [5.74, 6) is -0.00111. The Kier molecular flexibility index (Phi) is 5.83. The van der Waals surface area contributed by atoms with Crippen molar-refractivity contribution < 1.29 is 4.79 Å². The van der Waals surface area contributed by atoms with E-state index in [2.05, 4.69) is 41.0 Å². The molecule has 3 heteroatoms. The van der Waals surface area contributed by atoms with Gasteiger partial charge in [-0.2, -0.15) is 0 Å². The number of anilines is 1. The third-order valence-electron chi connectivity index (χ3n) is 4.03.